The summed E-state index contributed by atoms with van der Waals surface area (Å²) in [6, 6.07) is 8.78. The summed E-state index contributed by atoms with van der Waals surface area (Å²) in [7, 11) is 1.63. The number of aromatic nitrogens is 4. The van der Waals surface area contributed by atoms with E-state index >= 15 is 0 Å². The molecule has 0 bridgehead atoms. The average molecular weight is 461 g/mol. The van der Waals surface area contributed by atoms with Gasteiger partial charge in [-0.25, -0.2) is 9.97 Å². The third-order valence-electron chi connectivity index (χ3n) is 7.14. The van der Waals surface area contributed by atoms with Gasteiger partial charge in [0.15, 0.2) is 0 Å². The summed E-state index contributed by atoms with van der Waals surface area (Å²) in [4.78, 5) is 27.4. The molecule has 0 saturated carbocycles. The predicted molar refractivity (Wildman–Crippen MR) is 130 cm³/mol. The first-order chi connectivity index (χ1) is 16.6. The van der Waals surface area contributed by atoms with E-state index in [4.69, 9.17) is 9.72 Å². The number of methoxy groups -OCH3 is 1. The average Bonchev–Trinajstić information content (AvgIpc) is 3.52. The minimum atomic E-state index is -0.00346. The van der Waals surface area contributed by atoms with Crippen LogP contribution in [-0.4, -0.2) is 74.8 Å². The first kappa shape index (κ1) is 22.7. The van der Waals surface area contributed by atoms with Crippen LogP contribution in [0.3, 0.4) is 0 Å². The van der Waals surface area contributed by atoms with Crippen molar-refractivity contribution in [2.75, 3.05) is 33.3 Å². The zero-order chi connectivity index (χ0) is 23.7. The molecular weight excluding hydrogens is 428 g/mol. The van der Waals surface area contributed by atoms with Gasteiger partial charge in [-0.2, -0.15) is 9.78 Å². The number of amides is 1. The predicted octanol–water partition coefficient (Wildman–Crippen LogP) is 3.13. The highest BCUT2D eigenvalue weighted by Crippen LogP contribution is 2.32. The van der Waals surface area contributed by atoms with Crippen molar-refractivity contribution in [1.82, 2.24) is 29.5 Å². The molecule has 8 nitrogen and oxygen atoms in total. The van der Waals surface area contributed by atoms with Crippen LogP contribution in [0.1, 0.15) is 47.4 Å². The molecule has 1 atom stereocenters. The summed E-state index contributed by atoms with van der Waals surface area (Å²) >= 11 is 0. The van der Waals surface area contributed by atoms with Gasteiger partial charge in [0.25, 0.3) is 11.9 Å². The molecule has 3 aromatic rings. The van der Waals surface area contributed by atoms with Gasteiger partial charge in [0.05, 0.1) is 29.8 Å². The number of ether oxygens (including phenoxy) is 1. The Morgan fingerprint density at radius 3 is 2.74 bits per heavy atom. The van der Waals surface area contributed by atoms with Crippen molar-refractivity contribution < 1.29 is 9.53 Å². The fourth-order valence-corrected chi connectivity index (χ4v) is 5.29. The van der Waals surface area contributed by atoms with E-state index in [9.17, 15) is 4.79 Å². The maximum absolute atomic E-state index is 13.5. The van der Waals surface area contributed by atoms with Gasteiger partial charge >= 0.3 is 0 Å². The molecule has 1 saturated heterocycles. The standard InChI is InChI=1S/C26H32N6O2/c1-4-30(5-2)20-12-13-31(16-20)25(33)22-15-28-32(23(22)17-34-3)26-27-14-19-11-10-18-8-6-7-9-21(18)24(19)29-26/h6-9,14-15,20H,4-5,10-13,16-17H2,1-3H3. The molecule has 1 aliphatic carbocycles. The van der Waals surface area contributed by atoms with Crippen LogP contribution in [0.5, 0.6) is 0 Å². The number of fused-ring (bicyclic) bond motifs is 3. The summed E-state index contributed by atoms with van der Waals surface area (Å²) in [6.07, 6.45) is 6.43. The second kappa shape index (κ2) is 9.64. The zero-order valence-corrected chi connectivity index (χ0v) is 20.2. The van der Waals surface area contributed by atoms with Crippen molar-refractivity contribution in [2.24, 2.45) is 0 Å². The van der Waals surface area contributed by atoms with E-state index in [1.54, 1.807) is 18.0 Å². The molecule has 0 spiro atoms. The lowest BCUT2D eigenvalue weighted by Gasteiger charge is -2.26. The molecule has 1 aromatic carbocycles. The summed E-state index contributed by atoms with van der Waals surface area (Å²) in [5.74, 6) is 0.459. The first-order valence-electron chi connectivity index (χ1n) is 12.2. The largest absolute Gasteiger partial charge is 0.378 e. The monoisotopic (exact) mass is 460 g/mol. The number of aryl methyl sites for hydroxylation is 2. The summed E-state index contributed by atoms with van der Waals surface area (Å²) in [6.45, 7) is 8.08. The lowest BCUT2D eigenvalue weighted by Crippen LogP contribution is -2.38. The molecule has 1 fully saturated rings. The lowest BCUT2D eigenvalue weighted by molar-refractivity contribution is 0.0772. The topological polar surface area (TPSA) is 76.4 Å². The van der Waals surface area contributed by atoms with Crippen molar-refractivity contribution in [3.05, 3.63) is 59.0 Å². The number of hydrogen-bond donors (Lipinski definition) is 0. The molecule has 1 amide bonds. The van der Waals surface area contributed by atoms with Crippen LogP contribution in [0, 0.1) is 0 Å². The van der Waals surface area contributed by atoms with E-state index in [1.165, 1.54) is 5.56 Å². The molecule has 2 aliphatic rings. The van der Waals surface area contributed by atoms with Crippen molar-refractivity contribution in [1.29, 1.82) is 0 Å². The number of likely N-dealkylation sites (N-methyl/N-ethyl adjacent to an activating group) is 1. The Hall–Kier alpha value is -3.10. The van der Waals surface area contributed by atoms with E-state index in [-0.39, 0.29) is 12.5 Å². The van der Waals surface area contributed by atoms with Crippen molar-refractivity contribution in [2.45, 2.75) is 45.8 Å². The van der Waals surface area contributed by atoms with E-state index in [0.717, 1.165) is 62.3 Å². The molecule has 1 unspecified atom stereocenters. The highest BCUT2D eigenvalue weighted by Gasteiger charge is 2.32. The second-order valence-electron chi connectivity index (χ2n) is 8.97. The number of likely N-dealkylation sites (tertiary alicyclic amines) is 1. The van der Waals surface area contributed by atoms with Crippen molar-refractivity contribution in [3.63, 3.8) is 0 Å². The Balaban J connectivity index is 1.46. The smallest absolute Gasteiger partial charge is 0.257 e. The maximum atomic E-state index is 13.5. The second-order valence-corrected chi connectivity index (χ2v) is 8.97. The van der Waals surface area contributed by atoms with Gasteiger partial charge in [0.2, 0.25) is 0 Å². The van der Waals surface area contributed by atoms with E-state index in [0.29, 0.717) is 23.2 Å². The van der Waals surface area contributed by atoms with Gasteiger partial charge in [-0.15, -0.1) is 0 Å². The molecule has 1 aliphatic heterocycles. The van der Waals surface area contributed by atoms with Gasteiger partial charge < -0.3 is 9.64 Å². The minimum absolute atomic E-state index is 0.00346. The van der Waals surface area contributed by atoms with Gasteiger partial charge in [0, 0.05) is 38.0 Å². The van der Waals surface area contributed by atoms with Gasteiger partial charge in [-0.1, -0.05) is 38.1 Å². The normalized spacial score (nSPS) is 17.2. The molecule has 5 rings (SSSR count). The Morgan fingerprint density at radius 1 is 1.15 bits per heavy atom. The highest BCUT2D eigenvalue weighted by molar-refractivity contribution is 5.95. The summed E-state index contributed by atoms with van der Waals surface area (Å²) in [5, 5.41) is 4.54. The Kier molecular flexibility index (Phi) is 6.43. The van der Waals surface area contributed by atoms with Crippen LogP contribution in [-0.2, 0) is 24.2 Å². The van der Waals surface area contributed by atoms with Gasteiger partial charge in [-0.3, -0.25) is 9.69 Å². The van der Waals surface area contributed by atoms with Crippen LogP contribution in [0.4, 0.5) is 0 Å². The summed E-state index contributed by atoms with van der Waals surface area (Å²) in [5.41, 5.74) is 5.76. The SMILES string of the molecule is CCN(CC)C1CCN(C(=O)c2cnn(-c3ncc4c(n3)-c3ccccc3CC4)c2COC)C1. The number of hydrogen-bond acceptors (Lipinski definition) is 6. The molecule has 8 heteroatoms. The first-order valence-corrected chi connectivity index (χ1v) is 12.2. The van der Waals surface area contributed by atoms with Gasteiger partial charge in [0.1, 0.15) is 0 Å². The van der Waals surface area contributed by atoms with Crippen LogP contribution in [0.25, 0.3) is 17.2 Å². The lowest BCUT2D eigenvalue weighted by atomic mass is 9.90. The maximum Gasteiger partial charge on any atom is 0.257 e. The molecule has 0 radical (unpaired) electrons. The molecule has 2 aromatic heterocycles. The van der Waals surface area contributed by atoms with Crippen LogP contribution in [0.15, 0.2) is 36.7 Å². The number of nitrogens with zero attached hydrogens (tertiary/aromatic N) is 6. The molecule has 3 heterocycles. The minimum Gasteiger partial charge on any atom is -0.378 e. The fraction of sp³-hybridized carbons (Fsp3) is 0.462. The van der Waals surface area contributed by atoms with Crippen molar-refractivity contribution in [3.8, 4) is 17.2 Å². The number of benzene rings is 1. The highest BCUT2D eigenvalue weighted by atomic mass is 16.5. The Morgan fingerprint density at radius 2 is 1.94 bits per heavy atom. The van der Waals surface area contributed by atoms with Crippen molar-refractivity contribution >= 4 is 5.91 Å². The zero-order valence-electron chi connectivity index (χ0n) is 20.2. The molecule has 0 N–H and O–H groups in total. The molecule has 178 valence electrons. The van der Waals surface area contributed by atoms with Crippen LogP contribution >= 0.6 is 0 Å². The Bertz CT molecular complexity index is 1190. The van der Waals surface area contributed by atoms with E-state index < -0.39 is 0 Å². The quantitative estimate of drug-likeness (QED) is 0.539. The van der Waals surface area contributed by atoms with Gasteiger partial charge in [-0.05, 0) is 43.5 Å². The third kappa shape index (κ3) is 4.01. The fourth-order valence-electron chi connectivity index (χ4n) is 5.29. The summed E-state index contributed by atoms with van der Waals surface area (Å²) < 4.78 is 7.13. The number of rotatable bonds is 7. The molecular formula is C26H32N6O2. The number of carbonyl (C=O) groups is 1. The van der Waals surface area contributed by atoms with E-state index in [2.05, 4.69) is 47.0 Å². The molecule has 34 heavy (non-hydrogen) atoms. The Labute approximate surface area is 200 Å². The van der Waals surface area contributed by atoms with E-state index in [1.807, 2.05) is 17.2 Å². The van der Waals surface area contributed by atoms with Crippen LogP contribution in [0.2, 0.25) is 0 Å². The number of carbonyl (C=O) groups excluding carboxylic acids is 1. The third-order valence-corrected chi connectivity index (χ3v) is 7.14. The van der Waals surface area contributed by atoms with Crippen LogP contribution < -0.4 is 0 Å².